The molecule has 2 heterocycles. The molecular weight excluding hydrogens is 408 g/mol. The minimum Gasteiger partial charge on any atom is -0.465 e. The van der Waals surface area contributed by atoms with Gasteiger partial charge in [-0.3, -0.25) is 4.79 Å². The van der Waals surface area contributed by atoms with Crippen LogP contribution in [0.1, 0.15) is 39.8 Å². The number of nitrogens with one attached hydrogen (secondary N) is 1. The van der Waals surface area contributed by atoms with Crippen molar-refractivity contribution in [3.63, 3.8) is 0 Å². The molecule has 28 heavy (non-hydrogen) atoms. The standard InChI is InChI=1S/C17H19ClN4O5S/c1-8-4-5-10-11(6-8)28-16(13(10)17(24)27-3)19-12(23)7-21-9(2)14(18)15(20-21)22(25)26/h8H,4-7H2,1-3H3,(H,19,23)/t8-/m1/s1. The van der Waals surface area contributed by atoms with Crippen LogP contribution in [-0.4, -0.2) is 33.7 Å². The van der Waals surface area contributed by atoms with E-state index >= 15 is 0 Å². The van der Waals surface area contributed by atoms with Gasteiger partial charge in [0, 0.05) is 4.88 Å². The zero-order chi connectivity index (χ0) is 20.6. The third-order valence-electron chi connectivity index (χ3n) is 4.74. The average Bonchev–Trinajstić information content (AvgIpc) is 3.12. The van der Waals surface area contributed by atoms with Crippen LogP contribution in [0.3, 0.4) is 0 Å². The Morgan fingerprint density at radius 3 is 2.82 bits per heavy atom. The number of nitro groups is 1. The molecule has 1 aliphatic rings. The molecule has 0 unspecified atom stereocenters. The second kappa shape index (κ2) is 7.88. The minimum atomic E-state index is -0.701. The summed E-state index contributed by atoms with van der Waals surface area (Å²) in [4.78, 5) is 36.1. The maximum atomic E-state index is 12.5. The lowest BCUT2D eigenvalue weighted by atomic mass is 9.88. The summed E-state index contributed by atoms with van der Waals surface area (Å²) in [5, 5.41) is 17.8. The molecule has 2 aromatic rings. The van der Waals surface area contributed by atoms with Crippen LogP contribution < -0.4 is 5.32 Å². The van der Waals surface area contributed by atoms with Crippen LogP contribution in [0.5, 0.6) is 0 Å². The molecule has 0 fully saturated rings. The number of carbonyl (C=O) groups excluding carboxylic acids is 2. The number of fused-ring (bicyclic) bond motifs is 1. The highest BCUT2D eigenvalue weighted by molar-refractivity contribution is 7.17. The van der Waals surface area contributed by atoms with Crippen molar-refractivity contribution in [1.29, 1.82) is 0 Å². The molecule has 150 valence electrons. The van der Waals surface area contributed by atoms with E-state index in [0.29, 0.717) is 22.2 Å². The summed E-state index contributed by atoms with van der Waals surface area (Å²) < 4.78 is 6.07. The predicted octanol–water partition coefficient (Wildman–Crippen LogP) is 3.36. The summed E-state index contributed by atoms with van der Waals surface area (Å²) in [6.45, 7) is 3.43. The van der Waals surface area contributed by atoms with E-state index < -0.39 is 22.6 Å². The molecular formula is C17H19ClN4O5S. The minimum absolute atomic E-state index is 0.103. The highest BCUT2D eigenvalue weighted by atomic mass is 35.5. The van der Waals surface area contributed by atoms with Crippen molar-refractivity contribution < 1.29 is 19.2 Å². The van der Waals surface area contributed by atoms with Gasteiger partial charge in [-0.2, -0.15) is 4.68 Å². The molecule has 0 saturated heterocycles. The van der Waals surface area contributed by atoms with Crippen LogP contribution in [0.2, 0.25) is 5.02 Å². The van der Waals surface area contributed by atoms with Crippen molar-refractivity contribution in [2.24, 2.45) is 5.92 Å². The Balaban J connectivity index is 1.86. The van der Waals surface area contributed by atoms with Gasteiger partial charge >= 0.3 is 11.8 Å². The monoisotopic (exact) mass is 426 g/mol. The smallest absolute Gasteiger partial charge is 0.408 e. The Kier molecular flexibility index (Phi) is 5.71. The summed E-state index contributed by atoms with van der Waals surface area (Å²) >= 11 is 7.27. The number of hydrogen-bond donors (Lipinski definition) is 1. The van der Waals surface area contributed by atoms with Gasteiger partial charge in [-0.1, -0.05) is 18.5 Å². The Labute approximate surface area is 169 Å². The highest BCUT2D eigenvalue weighted by Crippen LogP contribution is 2.40. The molecule has 11 heteroatoms. The first-order chi connectivity index (χ1) is 13.2. The SMILES string of the molecule is COC(=O)c1c(NC(=O)Cn2nc([N+](=O)[O-])c(Cl)c2C)sc2c1CC[C@@H](C)C2. The molecule has 0 radical (unpaired) electrons. The van der Waals surface area contributed by atoms with Gasteiger partial charge in [-0.15, -0.1) is 11.3 Å². The van der Waals surface area contributed by atoms with Gasteiger partial charge in [-0.05, 0) is 42.6 Å². The number of nitrogens with zero attached hydrogens (tertiary/aromatic N) is 3. The summed E-state index contributed by atoms with van der Waals surface area (Å²) in [7, 11) is 1.30. The zero-order valence-corrected chi connectivity index (χ0v) is 17.1. The third kappa shape index (κ3) is 3.74. The van der Waals surface area contributed by atoms with Crippen molar-refractivity contribution in [2.75, 3.05) is 12.4 Å². The molecule has 0 bridgehead atoms. The van der Waals surface area contributed by atoms with E-state index in [-0.39, 0.29) is 11.6 Å². The fourth-order valence-electron chi connectivity index (χ4n) is 3.24. The molecule has 0 aromatic carbocycles. The highest BCUT2D eigenvalue weighted by Gasteiger charge is 2.30. The number of carbonyl (C=O) groups is 2. The summed E-state index contributed by atoms with van der Waals surface area (Å²) in [5.41, 5.74) is 1.64. The van der Waals surface area contributed by atoms with E-state index in [4.69, 9.17) is 16.3 Å². The molecule has 1 amide bonds. The van der Waals surface area contributed by atoms with E-state index in [1.807, 2.05) is 0 Å². The van der Waals surface area contributed by atoms with Crippen molar-refractivity contribution in [1.82, 2.24) is 9.78 Å². The van der Waals surface area contributed by atoms with Crippen molar-refractivity contribution in [3.05, 3.63) is 36.8 Å². The van der Waals surface area contributed by atoms with Crippen LogP contribution in [-0.2, 0) is 28.9 Å². The molecule has 9 nitrogen and oxygen atoms in total. The van der Waals surface area contributed by atoms with Crippen LogP contribution in [0.4, 0.5) is 10.8 Å². The van der Waals surface area contributed by atoms with Gasteiger partial charge < -0.3 is 20.2 Å². The van der Waals surface area contributed by atoms with Gasteiger partial charge in [0.2, 0.25) is 5.91 Å². The zero-order valence-electron chi connectivity index (χ0n) is 15.6. The molecule has 0 saturated carbocycles. The molecule has 3 rings (SSSR count). The maximum absolute atomic E-state index is 12.5. The molecule has 0 spiro atoms. The maximum Gasteiger partial charge on any atom is 0.408 e. The Morgan fingerprint density at radius 1 is 1.50 bits per heavy atom. The number of rotatable bonds is 5. The van der Waals surface area contributed by atoms with E-state index in [1.165, 1.54) is 23.1 Å². The first-order valence-corrected chi connectivity index (χ1v) is 9.82. The largest absolute Gasteiger partial charge is 0.465 e. The molecule has 0 aliphatic heterocycles. The Hall–Kier alpha value is -2.46. The first kappa shape index (κ1) is 20.3. The van der Waals surface area contributed by atoms with Gasteiger partial charge in [-0.25, -0.2) is 4.79 Å². The number of anilines is 1. The van der Waals surface area contributed by atoms with E-state index in [2.05, 4.69) is 17.3 Å². The quantitative estimate of drug-likeness (QED) is 0.445. The van der Waals surface area contributed by atoms with Crippen molar-refractivity contribution in [3.8, 4) is 0 Å². The Bertz CT molecular complexity index is 967. The van der Waals surface area contributed by atoms with E-state index in [9.17, 15) is 19.7 Å². The summed E-state index contributed by atoms with van der Waals surface area (Å²) in [6.07, 6.45) is 2.57. The van der Waals surface area contributed by atoms with E-state index in [1.54, 1.807) is 6.92 Å². The second-order valence-corrected chi connectivity index (χ2v) is 8.22. The number of aromatic nitrogens is 2. The second-order valence-electron chi connectivity index (χ2n) is 6.73. The lowest BCUT2D eigenvalue weighted by Gasteiger charge is -2.18. The number of ether oxygens (including phenoxy) is 1. The number of hydrogen-bond acceptors (Lipinski definition) is 7. The Morgan fingerprint density at radius 2 is 2.21 bits per heavy atom. The predicted molar refractivity (Wildman–Crippen MR) is 104 cm³/mol. The lowest BCUT2D eigenvalue weighted by Crippen LogP contribution is -2.21. The number of methoxy groups -OCH3 is 1. The molecule has 1 aliphatic carbocycles. The fraction of sp³-hybridized carbons (Fsp3) is 0.471. The van der Waals surface area contributed by atoms with E-state index in [0.717, 1.165) is 29.7 Å². The molecule has 2 aromatic heterocycles. The number of halogens is 1. The van der Waals surface area contributed by atoms with Crippen LogP contribution in [0.25, 0.3) is 0 Å². The van der Waals surface area contributed by atoms with Crippen LogP contribution in [0, 0.1) is 23.0 Å². The summed E-state index contributed by atoms with van der Waals surface area (Å²) in [6, 6.07) is 0. The number of esters is 1. The van der Waals surface area contributed by atoms with Gasteiger partial charge in [0.1, 0.15) is 11.5 Å². The fourth-order valence-corrected chi connectivity index (χ4v) is 4.86. The van der Waals surface area contributed by atoms with Gasteiger partial charge in [0.05, 0.1) is 23.5 Å². The topological polar surface area (TPSA) is 116 Å². The van der Waals surface area contributed by atoms with Gasteiger partial charge in [0.15, 0.2) is 5.02 Å². The molecule has 1 N–H and O–H groups in total. The van der Waals surface area contributed by atoms with Gasteiger partial charge in [0.25, 0.3) is 0 Å². The van der Waals surface area contributed by atoms with Crippen molar-refractivity contribution >= 4 is 45.6 Å². The van der Waals surface area contributed by atoms with Crippen LogP contribution in [0.15, 0.2) is 0 Å². The molecule has 1 atom stereocenters. The third-order valence-corrected chi connectivity index (χ3v) is 6.35. The average molecular weight is 427 g/mol. The number of thiophene rings is 1. The van der Waals surface area contributed by atoms with Crippen molar-refractivity contribution in [2.45, 2.75) is 39.7 Å². The first-order valence-electron chi connectivity index (χ1n) is 8.62. The normalized spacial score (nSPS) is 15.8. The lowest BCUT2D eigenvalue weighted by molar-refractivity contribution is -0.389. The number of amides is 1. The van der Waals surface area contributed by atoms with Crippen LogP contribution >= 0.6 is 22.9 Å². The summed E-state index contributed by atoms with van der Waals surface area (Å²) in [5.74, 6) is -0.942.